The van der Waals surface area contributed by atoms with Crippen molar-refractivity contribution in [2.75, 3.05) is 5.32 Å². The van der Waals surface area contributed by atoms with E-state index in [0.29, 0.717) is 22.0 Å². The average Bonchev–Trinajstić information content (AvgIpc) is 2.61. The van der Waals surface area contributed by atoms with E-state index in [1.165, 1.54) is 12.3 Å². The largest absolute Gasteiger partial charge is 0.348 e. The lowest BCUT2D eigenvalue weighted by Gasteiger charge is -2.09. The van der Waals surface area contributed by atoms with Gasteiger partial charge in [0.1, 0.15) is 11.6 Å². The first-order valence-corrected chi connectivity index (χ1v) is 8.00. The summed E-state index contributed by atoms with van der Waals surface area (Å²) in [7, 11) is 0. The quantitative estimate of drug-likeness (QED) is 0.706. The number of halogens is 2. The average molecular weight is 356 g/mol. The maximum Gasteiger partial charge on any atom is 0.251 e. The summed E-state index contributed by atoms with van der Waals surface area (Å²) in [4.78, 5) is 16.5. The molecule has 1 amide bonds. The number of nitrogens with one attached hydrogen (secondary N) is 2. The van der Waals surface area contributed by atoms with Crippen molar-refractivity contribution in [3.8, 4) is 0 Å². The second-order valence-corrected chi connectivity index (χ2v) is 5.78. The van der Waals surface area contributed by atoms with E-state index in [-0.39, 0.29) is 18.3 Å². The summed E-state index contributed by atoms with van der Waals surface area (Å²) in [6, 6.07) is 16.7. The van der Waals surface area contributed by atoms with Gasteiger partial charge in [-0.3, -0.25) is 4.79 Å². The van der Waals surface area contributed by atoms with E-state index in [0.717, 1.165) is 5.69 Å². The minimum atomic E-state index is -0.346. The Bertz CT molecular complexity index is 901. The third-order valence-corrected chi connectivity index (χ3v) is 3.75. The Morgan fingerprint density at radius 3 is 2.72 bits per heavy atom. The molecule has 0 aliphatic heterocycles. The monoisotopic (exact) mass is 355 g/mol. The number of rotatable bonds is 5. The number of hydrogen-bond acceptors (Lipinski definition) is 3. The molecule has 1 aromatic heterocycles. The van der Waals surface area contributed by atoms with Gasteiger partial charge in [-0.1, -0.05) is 35.9 Å². The van der Waals surface area contributed by atoms with Crippen molar-refractivity contribution in [2.45, 2.75) is 6.54 Å². The van der Waals surface area contributed by atoms with Crippen molar-refractivity contribution >= 4 is 29.0 Å². The number of hydrogen-bond donors (Lipinski definition) is 2. The number of nitrogens with zero attached hydrogens (tertiary/aromatic N) is 1. The van der Waals surface area contributed by atoms with Crippen molar-refractivity contribution in [1.29, 1.82) is 0 Å². The van der Waals surface area contributed by atoms with Gasteiger partial charge in [-0.15, -0.1) is 0 Å². The van der Waals surface area contributed by atoms with Crippen LogP contribution in [0.25, 0.3) is 0 Å². The van der Waals surface area contributed by atoms with Gasteiger partial charge in [-0.05, 0) is 36.4 Å². The third kappa shape index (κ3) is 4.55. The van der Waals surface area contributed by atoms with Gasteiger partial charge in [-0.25, -0.2) is 9.37 Å². The summed E-state index contributed by atoms with van der Waals surface area (Å²) in [5.41, 5.74) is 1.63. The van der Waals surface area contributed by atoms with E-state index in [4.69, 9.17) is 11.6 Å². The highest BCUT2D eigenvalue weighted by Gasteiger charge is 2.08. The first-order valence-electron chi connectivity index (χ1n) is 7.62. The van der Waals surface area contributed by atoms with E-state index in [1.54, 1.807) is 42.5 Å². The Labute approximate surface area is 149 Å². The number of aromatic nitrogens is 1. The molecule has 3 rings (SSSR count). The SMILES string of the molecule is O=C(NCc1ccccc1F)c1ccnc(Nc2cccc(Cl)c2)c1. The Hall–Kier alpha value is -2.92. The van der Waals surface area contributed by atoms with E-state index in [1.807, 2.05) is 12.1 Å². The fourth-order valence-corrected chi connectivity index (χ4v) is 2.46. The lowest BCUT2D eigenvalue weighted by molar-refractivity contribution is 0.0950. The predicted molar refractivity (Wildman–Crippen MR) is 96.5 cm³/mol. The van der Waals surface area contributed by atoms with Gasteiger partial charge in [-0.2, -0.15) is 0 Å². The van der Waals surface area contributed by atoms with Gasteiger partial charge in [0.2, 0.25) is 0 Å². The molecule has 0 atom stereocenters. The van der Waals surface area contributed by atoms with Crippen LogP contribution in [0.5, 0.6) is 0 Å². The maximum absolute atomic E-state index is 13.6. The second-order valence-electron chi connectivity index (χ2n) is 5.34. The molecule has 2 aromatic carbocycles. The first kappa shape index (κ1) is 16.9. The molecule has 0 aliphatic rings. The molecule has 1 heterocycles. The van der Waals surface area contributed by atoms with Crippen LogP contribution in [-0.4, -0.2) is 10.9 Å². The van der Waals surface area contributed by atoms with E-state index < -0.39 is 0 Å². The summed E-state index contributed by atoms with van der Waals surface area (Å²) in [6.07, 6.45) is 1.53. The highest BCUT2D eigenvalue weighted by Crippen LogP contribution is 2.19. The fourth-order valence-electron chi connectivity index (χ4n) is 2.27. The van der Waals surface area contributed by atoms with Crippen LogP contribution in [0.2, 0.25) is 5.02 Å². The minimum Gasteiger partial charge on any atom is -0.348 e. The Balaban J connectivity index is 1.68. The summed E-state index contributed by atoms with van der Waals surface area (Å²) >= 11 is 5.95. The summed E-state index contributed by atoms with van der Waals surface area (Å²) in [6.45, 7) is 0.116. The van der Waals surface area contributed by atoms with Crippen LogP contribution in [0.4, 0.5) is 15.9 Å². The molecule has 0 aliphatic carbocycles. The maximum atomic E-state index is 13.6. The second kappa shape index (κ2) is 7.77. The zero-order valence-corrected chi connectivity index (χ0v) is 13.9. The minimum absolute atomic E-state index is 0.116. The molecule has 0 fully saturated rings. The summed E-state index contributed by atoms with van der Waals surface area (Å²) < 4.78 is 13.6. The molecule has 0 saturated carbocycles. The molecule has 0 saturated heterocycles. The topological polar surface area (TPSA) is 54.0 Å². The molecule has 4 nitrogen and oxygen atoms in total. The highest BCUT2D eigenvalue weighted by atomic mass is 35.5. The van der Waals surface area contributed by atoms with Crippen molar-refractivity contribution < 1.29 is 9.18 Å². The van der Waals surface area contributed by atoms with E-state index in [2.05, 4.69) is 15.6 Å². The number of anilines is 2. The molecule has 3 aromatic rings. The zero-order chi connectivity index (χ0) is 17.6. The molecule has 0 bridgehead atoms. The third-order valence-electron chi connectivity index (χ3n) is 3.52. The lowest BCUT2D eigenvalue weighted by atomic mass is 10.2. The first-order chi connectivity index (χ1) is 12.1. The van der Waals surface area contributed by atoms with Crippen LogP contribution in [0.3, 0.4) is 0 Å². The van der Waals surface area contributed by atoms with Crippen molar-refractivity contribution in [2.24, 2.45) is 0 Å². The van der Waals surface area contributed by atoms with Crippen LogP contribution in [0.1, 0.15) is 15.9 Å². The van der Waals surface area contributed by atoms with E-state index in [9.17, 15) is 9.18 Å². The number of carbonyl (C=O) groups excluding carboxylic acids is 1. The summed E-state index contributed by atoms with van der Waals surface area (Å²) in [5.74, 6) is -0.138. The van der Waals surface area contributed by atoms with Gasteiger partial charge in [0.25, 0.3) is 5.91 Å². The standard InChI is InChI=1S/C19H15ClFN3O/c20-15-5-3-6-16(11-15)24-18-10-13(8-9-22-18)19(25)23-12-14-4-1-2-7-17(14)21/h1-11H,12H2,(H,22,24)(H,23,25). The molecule has 0 spiro atoms. The van der Waals surface area contributed by atoms with Gasteiger partial charge >= 0.3 is 0 Å². The fraction of sp³-hybridized carbons (Fsp3) is 0.0526. The Morgan fingerprint density at radius 2 is 1.92 bits per heavy atom. The molecule has 6 heteroatoms. The highest BCUT2D eigenvalue weighted by molar-refractivity contribution is 6.30. The summed E-state index contributed by atoms with van der Waals surface area (Å²) in [5, 5.41) is 6.39. The number of amides is 1. The van der Waals surface area contributed by atoms with Crippen molar-refractivity contribution in [3.05, 3.63) is 88.8 Å². The van der Waals surface area contributed by atoms with Crippen molar-refractivity contribution in [1.82, 2.24) is 10.3 Å². The molecule has 0 radical (unpaired) electrons. The molecule has 2 N–H and O–H groups in total. The lowest BCUT2D eigenvalue weighted by Crippen LogP contribution is -2.23. The Morgan fingerprint density at radius 1 is 1.08 bits per heavy atom. The van der Waals surface area contributed by atoms with Gasteiger partial charge in [0.05, 0.1) is 0 Å². The van der Waals surface area contributed by atoms with Gasteiger partial charge < -0.3 is 10.6 Å². The molecule has 25 heavy (non-hydrogen) atoms. The number of benzene rings is 2. The number of carbonyl (C=O) groups is 1. The normalized spacial score (nSPS) is 10.3. The zero-order valence-electron chi connectivity index (χ0n) is 13.2. The van der Waals surface area contributed by atoms with E-state index >= 15 is 0 Å². The van der Waals surface area contributed by atoms with Gasteiger partial charge in [0.15, 0.2) is 0 Å². The van der Waals surface area contributed by atoms with Crippen LogP contribution >= 0.6 is 11.6 Å². The van der Waals surface area contributed by atoms with Crippen LogP contribution in [0, 0.1) is 5.82 Å². The van der Waals surface area contributed by atoms with Crippen molar-refractivity contribution in [3.63, 3.8) is 0 Å². The smallest absolute Gasteiger partial charge is 0.251 e. The van der Waals surface area contributed by atoms with Crippen LogP contribution < -0.4 is 10.6 Å². The predicted octanol–water partition coefficient (Wildman–Crippen LogP) is 4.55. The number of pyridine rings is 1. The molecular formula is C19H15ClFN3O. The van der Waals surface area contributed by atoms with Gasteiger partial charge in [0, 0.05) is 34.6 Å². The molecule has 0 unspecified atom stereocenters. The Kier molecular flexibility index (Phi) is 5.26. The molecular weight excluding hydrogens is 341 g/mol. The molecule has 126 valence electrons. The van der Waals surface area contributed by atoms with Crippen LogP contribution in [-0.2, 0) is 6.54 Å². The van der Waals surface area contributed by atoms with Crippen LogP contribution in [0.15, 0.2) is 66.9 Å².